The summed E-state index contributed by atoms with van der Waals surface area (Å²) >= 11 is 6.72. The number of hydrogen-bond acceptors (Lipinski definition) is 4. The molecule has 5 nitrogen and oxygen atoms in total. The molecule has 0 unspecified atom stereocenters. The van der Waals surface area contributed by atoms with E-state index in [1.165, 1.54) is 6.07 Å². The summed E-state index contributed by atoms with van der Waals surface area (Å²) in [6.07, 6.45) is -0.959. The number of thioether (sulfide) groups is 1. The summed E-state index contributed by atoms with van der Waals surface area (Å²) in [5, 5.41) is 3.12. The highest BCUT2D eigenvalue weighted by Crippen LogP contribution is 2.37. The summed E-state index contributed by atoms with van der Waals surface area (Å²) < 4.78 is 41.5. The lowest BCUT2D eigenvalue weighted by atomic mass is 10.1. The van der Waals surface area contributed by atoms with Crippen molar-refractivity contribution in [2.75, 3.05) is 11.1 Å². The molecule has 0 radical (unpaired) electrons. The first-order valence-corrected chi connectivity index (χ1v) is 11.4. The lowest BCUT2D eigenvalue weighted by molar-refractivity contribution is -0.137. The fourth-order valence-electron chi connectivity index (χ4n) is 3.89. The maximum atomic E-state index is 13.3. The van der Waals surface area contributed by atoms with Crippen LogP contribution in [0.2, 0.25) is 5.02 Å². The smallest absolute Gasteiger partial charge is 0.325 e. The van der Waals surface area contributed by atoms with E-state index in [-0.39, 0.29) is 28.1 Å². The monoisotopic (exact) mass is 481 g/mol. The van der Waals surface area contributed by atoms with E-state index in [1.807, 2.05) is 0 Å². The minimum atomic E-state index is -4.66. The number of para-hydroxylation sites is 1. The molecular formula is C22H19ClF3N3O2S. The SMILES string of the molecule is O=C(CSc1nc2ccccc2c(=O)n1C1CCCC1)Nc1ccc(Cl)cc1C(F)(F)F. The van der Waals surface area contributed by atoms with Gasteiger partial charge in [0.2, 0.25) is 5.91 Å². The number of benzene rings is 2. The molecule has 1 amide bonds. The third-order valence-electron chi connectivity index (χ3n) is 5.36. The van der Waals surface area contributed by atoms with Crippen molar-refractivity contribution in [2.45, 2.75) is 43.1 Å². The van der Waals surface area contributed by atoms with Gasteiger partial charge in [0.25, 0.3) is 5.56 Å². The molecule has 0 atom stereocenters. The number of alkyl halides is 3. The first kappa shape index (κ1) is 22.7. The molecule has 0 saturated heterocycles. The van der Waals surface area contributed by atoms with Crippen LogP contribution in [-0.2, 0) is 11.0 Å². The second-order valence-electron chi connectivity index (χ2n) is 7.55. The van der Waals surface area contributed by atoms with Gasteiger partial charge in [0.15, 0.2) is 5.16 Å². The van der Waals surface area contributed by atoms with E-state index in [4.69, 9.17) is 11.6 Å². The van der Waals surface area contributed by atoms with E-state index in [9.17, 15) is 22.8 Å². The van der Waals surface area contributed by atoms with Crippen molar-refractivity contribution >= 4 is 45.9 Å². The van der Waals surface area contributed by atoms with E-state index in [0.29, 0.717) is 16.1 Å². The summed E-state index contributed by atoms with van der Waals surface area (Å²) in [5.74, 6) is -0.833. The van der Waals surface area contributed by atoms with Gasteiger partial charge in [0.05, 0.1) is 27.9 Å². The molecule has 32 heavy (non-hydrogen) atoms. The quantitative estimate of drug-likeness (QED) is 0.363. The number of carbonyl (C=O) groups excluding carboxylic acids is 1. The Balaban J connectivity index is 1.59. The highest BCUT2D eigenvalue weighted by Gasteiger charge is 2.34. The Morgan fingerprint density at radius 2 is 1.91 bits per heavy atom. The van der Waals surface area contributed by atoms with Gasteiger partial charge in [0.1, 0.15) is 0 Å². The molecule has 168 valence electrons. The number of anilines is 1. The van der Waals surface area contributed by atoms with Crippen molar-refractivity contribution in [3.8, 4) is 0 Å². The summed E-state index contributed by atoms with van der Waals surface area (Å²) in [4.78, 5) is 30.2. The normalized spacial score (nSPS) is 14.8. The molecule has 1 aliphatic rings. The number of nitrogens with zero attached hydrogens (tertiary/aromatic N) is 2. The highest BCUT2D eigenvalue weighted by atomic mass is 35.5. The summed E-state index contributed by atoms with van der Waals surface area (Å²) in [7, 11) is 0. The molecule has 2 aromatic carbocycles. The molecule has 1 saturated carbocycles. The predicted octanol–water partition coefficient (Wildman–Crippen LogP) is 5.91. The fraction of sp³-hybridized carbons (Fsp3) is 0.318. The number of aromatic nitrogens is 2. The molecule has 3 aromatic rings. The van der Waals surface area contributed by atoms with Gasteiger partial charge in [-0.25, -0.2) is 4.98 Å². The second-order valence-corrected chi connectivity index (χ2v) is 8.93. The Morgan fingerprint density at radius 1 is 1.19 bits per heavy atom. The lowest BCUT2D eigenvalue weighted by Gasteiger charge is -2.19. The topological polar surface area (TPSA) is 64.0 Å². The predicted molar refractivity (Wildman–Crippen MR) is 119 cm³/mol. The number of amides is 1. The molecule has 0 spiro atoms. The zero-order valence-corrected chi connectivity index (χ0v) is 18.4. The van der Waals surface area contributed by atoms with Crippen molar-refractivity contribution in [1.29, 1.82) is 0 Å². The van der Waals surface area contributed by atoms with Gasteiger partial charge < -0.3 is 5.32 Å². The summed E-state index contributed by atoms with van der Waals surface area (Å²) in [5.41, 5.74) is -1.03. The van der Waals surface area contributed by atoms with Crippen LogP contribution in [-0.4, -0.2) is 21.2 Å². The van der Waals surface area contributed by atoms with Gasteiger partial charge >= 0.3 is 6.18 Å². The van der Waals surface area contributed by atoms with Crippen molar-refractivity contribution in [1.82, 2.24) is 9.55 Å². The molecule has 1 aromatic heterocycles. The Morgan fingerprint density at radius 3 is 2.62 bits per heavy atom. The van der Waals surface area contributed by atoms with Gasteiger partial charge in [-0.05, 0) is 43.2 Å². The molecule has 10 heteroatoms. The third kappa shape index (κ3) is 4.78. The number of carbonyl (C=O) groups is 1. The van der Waals surface area contributed by atoms with E-state index in [0.717, 1.165) is 49.6 Å². The molecule has 1 aliphatic carbocycles. The Labute approximate surface area is 191 Å². The second kappa shape index (κ2) is 9.15. The molecular weight excluding hydrogens is 463 g/mol. The van der Waals surface area contributed by atoms with Crippen LogP contribution in [0, 0.1) is 0 Å². The van der Waals surface area contributed by atoms with Crippen LogP contribution >= 0.6 is 23.4 Å². The molecule has 4 rings (SSSR count). The maximum absolute atomic E-state index is 13.3. The van der Waals surface area contributed by atoms with E-state index >= 15 is 0 Å². The van der Waals surface area contributed by atoms with Crippen LogP contribution < -0.4 is 10.9 Å². The van der Waals surface area contributed by atoms with Crippen molar-refractivity contribution in [3.05, 3.63) is 63.4 Å². The van der Waals surface area contributed by atoms with Crippen LogP contribution in [0.1, 0.15) is 37.3 Å². The van der Waals surface area contributed by atoms with Crippen LogP contribution in [0.5, 0.6) is 0 Å². The number of nitrogens with one attached hydrogen (secondary N) is 1. The third-order valence-corrected chi connectivity index (χ3v) is 6.55. The van der Waals surface area contributed by atoms with Gasteiger partial charge in [-0.2, -0.15) is 13.2 Å². The van der Waals surface area contributed by atoms with E-state index < -0.39 is 17.6 Å². The summed E-state index contributed by atoms with van der Waals surface area (Å²) in [6, 6.07) is 10.2. The first-order chi connectivity index (χ1) is 15.2. The van der Waals surface area contributed by atoms with Crippen molar-refractivity contribution in [2.24, 2.45) is 0 Å². The number of fused-ring (bicyclic) bond motifs is 1. The van der Waals surface area contributed by atoms with Crippen LogP contribution in [0.3, 0.4) is 0 Å². The van der Waals surface area contributed by atoms with Crippen molar-refractivity contribution < 1.29 is 18.0 Å². The van der Waals surface area contributed by atoms with Crippen LogP contribution in [0.15, 0.2) is 52.4 Å². The van der Waals surface area contributed by atoms with Gasteiger partial charge in [-0.3, -0.25) is 14.2 Å². The number of halogens is 4. The Bertz CT molecular complexity index is 1220. The van der Waals surface area contributed by atoms with E-state index in [1.54, 1.807) is 28.8 Å². The van der Waals surface area contributed by atoms with Crippen LogP contribution in [0.25, 0.3) is 10.9 Å². The Kier molecular flexibility index (Phi) is 6.48. The molecule has 1 heterocycles. The molecule has 1 fully saturated rings. The van der Waals surface area contributed by atoms with Crippen LogP contribution in [0.4, 0.5) is 18.9 Å². The van der Waals surface area contributed by atoms with Gasteiger partial charge in [0, 0.05) is 11.1 Å². The summed E-state index contributed by atoms with van der Waals surface area (Å²) in [6.45, 7) is 0. The minimum absolute atomic E-state index is 0.00161. The lowest BCUT2D eigenvalue weighted by Crippen LogP contribution is -2.27. The fourth-order valence-corrected chi connectivity index (χ4v) is 4.93. The standard InChI is InChI=1S/C22H19ClF3N3O2S/c23-13-9-10-18(16(11-13)22(24,25)26)27-19(30)12-32-21-28-17-8-4-3-7-15(17)20(31)29(21)14-5-1-2-6-14/h3-4,7-11,14H,1-2,5-6,12H2,(H,27,30). The van der Waals surface area contributed by atoms with E-state index in [2.05, 4.69) is 10.3 Å². The first-order valence-electron chi connectivity index (χ1n) is 10.0. The molecule has 1 N–H and O–H groups in total. The largest absolute Gasteiger partial charge is 0.418 e. The average Bonchev–Trinajstić information content (AvgIpc) is 3.27. The average molecular weight is 482 g/mol. The van der Waals surface area contributed by atoms with Crippen molar-refractivity contribution in [3.63, 3.8) is 0 Å². The highest BCUT2D eigenvalue weighted by molar-refractivity contribution is 7.99. The number of hydrogen-bond donors (Lipinski definition) is 1. The Hall–Kier alpha value is -2.52. The zero-order valence-electron chi connectivity index (χ0n) is 16.8. The zero-order chi connectivity index (χ0) is 22.9. The minimum Gasteiger partial charge on any atom is -0.325 e. The van der Waals surface area contributed by atoms with Gasteiger partial charge in [-0.15, -0.1) is 0 Å². The molecule has 0 aliphatic heterocycles. The number of rotatable bonds is 5. The molecule has 0 bridgehead atoms. The van der Waals surface area contributed by atoms with Gasteiger partial charge in [-0.1, -0.05) is 48.3 Å². The maximum Gasteiger partial charge on any atom is 0.418 e.